The normalized spacial score (nSPS) is 21.8. The lowest BCUT2D eigenvalue weighted by Crippen LogP contribution is -2.32. The number of thiophene rings is 1. The van der Waals surface area contributed by atoms with Crippen molar-refractivity contribution < 1.29 is 0 Å². The highest BCUT2D eigenvalue weighted by Gasteiger charge is 2.24. The molecule has 0 spiro atoms. The third-order valence-corrected chi connectivity index (χ3v) is 4.30. The quantitative estimate of drug-likeness (QED) is 0.903. The highest BCUT2D eigenvalue weighted by molar-refractivity contribution is 7.09. The highest BCUT2D eigenvalue weighted by atomic mass is 32.1. The third kappa shape index (κ3) is 2.42. The van der Waals surface area contributed by atoms with Crippen molar-refractivity contribution in [1.82, 2.24) is 15.1 Å². The van der Waals surface area contributed by atoms with Crippen LogP contribution in [0.4, 0.5) is 0 Å². The lowest BCUT2D eigenvalue weighted by Gasteiger charge is -2.34. The van der Waals surface area contributed by atoms with Gasteiger partial charge in [0, 0.05) is 17.6 Å². The molecule has 1 atom stereocenters. The molecule has 3 nitrogen and oxygen atoms in total. The monoisotopic (exact) mass is 247 g/mol. The SMILES string of the molecule is c1csc(CN2CCCC[C@@H]2c2ccn[nH]2)c1. The largest absolute Gasteiger partial charge is 0.290 e. The van der Waals surface area contributed by atoms with Crippen LogP contribution in [0.3, 0.4) is 0 Å². The summed E-state index contributed by atoms with van der Waals surface area (Å²) in [5.74, 6) is 0. The average molecular weight is 247 g/mol. The summed E-state index contributed by atoms with van der Waals surface area (Å²) in [6, 6.07) is 6.99. The van der Waals surface area contributed by atoms with Gasteiger partial charge in [-0.25, -0.2) is 0 Å². The maximum atomic E-state index is 4.08. The Hall–Kier alpha value is -1.13. The van der Waals surface area contributed by atoms with Crippen molar-refractivity contribution in [2.24, 2.45) is 0 Å². The molecule has 0 bridgehead atoms. The molecule has 1 fully saturated rings. The minimum atomic E-state index is 0.522. The van der Waals surface area contributed by atoms with E-state index >= 15 is 0 Å². The molecule has 0 aliphatic carbocycles. The smallest absolute Gasteiger partial charge is 0.0523 e. The Morgan fingerprint density at radius 1 is 1.41 bits per heavy atom. The van der Waals surface area contributed by atoms with Crippen molar-refractivity contribution >= 4 is 11.3 Å². The van der Waals surface area contributed by atoms with Gasteiger partial charge in [0.1, 0.15) is 0 Å². The predicted molar refractivity (Wildman–Crippen MR) is 69.9 cm³/mol. The molecular formula is C13H17N3S. The number of nitrogens with zero attached hydrogens (tertiary/aromatic N) is 2. The summed E-state index contributed by atoms with van der Waals surface area (Å²) in [4.78, 5) is 4.03. The molecule has 1 aliphatic rings. The first-order valence-electron chi connectivity index (χ1n) is 6.19. The molecule has 1 aliphatic heterocycles. The van der Waals surface area contributed by atoms with Crippen molar-refractivity contribution in [3.63, 3.8) is 0 Å². The zero-order chi connectivity index (χ0) is 11.5. The zero-order valence-corrected chi connectivity index (χ0v) is 10.6. The van der Waals surface area contributed by atoms with Crippen LogP contribution in [0.15, 0.2) is 29.8 Å². The summed E-state index contributed by atoms with van der Waals surface area (Å²) in [7, 11) is 0. The molecule has 2 aromatic heterocycles. The molecule has 3 rings (SSSR count). The second-order valence-corrected chi connectivity index (χ2v) is 5.61. The van der Waals surface area contributed by atoms with Crippen LogP contribution in [0, 0.1) is 0 Å². The molecule has 0 aromatic carbocycles. The van der Waals surface area contributed by atoms with Crippen LogP contribution in [-0.4, -0.2) is 21.6 Å². The van der Waals surface area contributed by atoms with E-state index in [1.54, 1.807) is 0 Å². The number of likely N-dealkylation sites (tertiary alicyclic amines) is 1. The van der Waals surface area contributed by atoms with Crippen LogP contribution in [0.1, 0.15) is 35.9 Å². The fourth-order valence-corrected chi connectivity index (χ4v) is 3.32. The second-order valence-electron chi connectivity index (χ2n) is 4.57. The number of nitrogens with one attached hydrogen (secondary N) is 1. The molecule has 4 heteroatoms. The lowest BCUT2D eigenvalue weighted by atomic mass is 9.99. The molecular weight excluding hydrogens is 230 g/mol. The highest BCUT2D eigenvalue weighted by Crippen LogP contribution is 2.31. The van der Waals surface area contributed by atoms with E-state index in [0.29, 0.717) is 6.04 Å². The fraction of sp³-hybridized carbons (Fsp3) is 0.462. The fourth-order valence-electron chi connectivity index (χ4n) is 2.59. The van der Waals surface area contributed by atoms with E-state index in [2.05, 4.69) is 38.7 Å². The van der Waals surface area contributed by atoms with Gasteiger partial charge in [-0.3, -0.25) is 10.00 Å². The van der Waals surface area contributed by atoms with Gasteiger partial charge < -0.3 is 0 Å². The summed E-state index contributed by atoms with van der Waals surface area (Å²) < 4.78 is 0. The van der Waals surface area contributed by atoms with Gasteiger partial charge in [0.05, 0.1) is 11.7 Å². The van der Waals surface area contributed by atoms with E-state index in [1.807, 2.05) is 17.5 Å². The van der Waals surface area contributed by atoms with Gasteiger partial charge in [0.2, 0.25) is 0 Å². The summed E-state index contributed by atoms with van der Waals surface area (Å²) in [5, 5.41) is 9.37. The van der Waals surface area contributed by atoms with E-state index in [9.17, 15) is 0 Å². The first kappa shape index (κ1) is 11.0. The van der Waals surface area contributed by atoms with Crippen LogP contribution in [0.2, 0.25) is 0 Å². The van der Waals surface area contributed by atoms with Crippen LogP contribution in [0.25, 0.3) is 0 Å². The van der Waals surface area contributed by atoms with Crippen molar-refractivity contribution in [2.75, 3.05) is 6.54 Å². The van der Waals surface area contributed by atoms with Gasteiger partial charge in [0.15, 0.2) is 0 Å². The molecule has 2 aromatic rings. The number of aromatic nitrogens is 2. The Morgan fingerprint density at radius 3 is 3.18 bits per heavy atom. The predicted octanol–water partition coefficient (Wildman–Crippen LogP) is 3.20. The van der Waals surface area contributed by atoms with E-state index in [1.165, 1.54) is 36.4 Å². The first-order chi connectivity index (χ1) is 8.43. The van der Waals surface area contributed by atoms with Crippen LogP contribution in [0.5, 0.6) is 0 Å². The molecule has 0 unspecified atom stereocenters. The maximum absolute atomic E-state index is 4.08. The average Bonchev–Trinajstić information content (AvgIpc) is 3.01. The maximum Gasteiger partial charge on any atom is 0.0523 e. The Labute approximate surface area is 105 Å². The molecule has 90 valence electrons. The molecule has 0 radical (unpaired) electrons. The van der Waals surface area contributed by atoms with E-state index in [0.717, 1.165) is 6.54 Å². The van der Waals surface area contributed by atoms with Gasteiger partial charge in [-0.05, 0) is 36.9 Å². The van der Waals surface area contributed by atoms with Gasteiger partial charge in [0.25, 0.3) is 0 Å². The Balaban J connectivity index is 1.76. The number of H-pyrrole nitrogens is 1. The van der Waals surface area contributed by atoms with Gasteiger partial charge in [-0.15, -0.1) is 11.3 Å². The number of hydrogen-bond donors (Lipinski definition) is 1. The third-order valence-electron chi connectivity index (χ3n) is 3.43. The summed E-state index contributed by atoms with van der Waals surface area (Å²) in [6.07, 6.45) is 5.74. The number of rotatable bonds is 3. The van der Waals surface area contributed by atoms with Crippen LogP contribution in [-0.2, 0) is 6.54 Å². The summed E-state index contributed by atoms with van der Waals surface area (Å²) in [5.41, 5.74) is 1.27. The Bertz CT molecular complexity index is 435. The minimum absolute atomic E-state index is 0.522. The number of aromatic amines is 1. The van der Waals surface area contributed by atoms with Crippen molar-refractivity contribution in [3.05, 3.63) is 40.3 Å². The summed E-state index contributed by atoms with van der Waals surface area (Å²) in [6.45, 7) is 2.27. The number of piperidine rings is 1. The van der Waals surface area contributed by atoms with Crippen molar-refractivity contribution in [3.8, 4) is 0 Å². The molecule has 3 heterocycles. The van der Waals surface area contributed by atoms with E-state index in [-0.39, 0.29) is 0 Å². The van der Waals surface area contributed by atoms with E-state index < -0.39 is 0 Å². The molecule has 1 N–H and O–H groups in total. The number of hydrogen-bond acceptors (Lipinski definition) is 3. The van der Waals surface area contributed by atoms with Crippen molar-refractivity contribution in [1.29, 1.82) is 0 Å². The van der Waals surface area contributed by atoms with Gasteiger partial charge in [-0.1, -0.05) is 12.5 Å². The lowest BCUT2D eigenvalue weighted by molar-refractivity contribution is 0.138. The Kier molecular flexibility index (Phi) is 3.25. The first-order valence-corrected chi connectivity index (χ1v) is 7.07. The Morgan fingerprint density at radius 2 is 2.41 bits per heavy atom. The topological polar surface area (TPSA) is 31.9 Å². The second kappa shape index (κ2) is 5.02. The van der Waals surface area contributed by atoms with Crippen LogP contribution >= 0.6 is 11.3 Å². The molecule has 17 heavy (non-hydrogen) atoms. The van der Waals surface area contributed by atoms with Gasteiger partial charge in [-0.2, -0.15) is 5.10 Å². The molecule has 0 amide bonds. The summed E-state index contributed by atoms with van der Waals surface area (Å²) >= 11 is 1.85. The van der Waals surface area contributed by atoms with Crippen molar-refractivity contribution in [2.45, 2.75) is 31.8 Å². The van der Waals surface area contributed by atoms with Crippen LogP contribution < -0.4 is 0 Å². The standard InChI is InChI=1S/C13H17N3S/c1-2-8-16(10-11-4-3-9-17-11)13(5-1)12-6-7-14-15-12/h3-4,6-7,9,13H,1-2,5,8,10H2,(H,14,15)/t13-/m1/s1. The van der Waals surface area contributed by atoms with E-state index in [4.69, 9.17) is 0 Å². The molecule has 1 saturated heterocycles. The van der Waals surface area contributed by atoms with Gasteiger partial charge >= 0.3 is 0 Å². The minimum Gasteiger partial charge on any atom is -0.290 e. The molecule has 0 saturated carbocycles. The zero-order valence-electron chi connectivity index (χ0n) is 9.80.